The zero-order valence-corrected chi connectivity index (χ0v) is 15.0. The van der Waals surface area contributed by atoms with Crippen LogP contribution < -0.4 is 0 Å². The molecule has 0 amide bonds. The van der Waals surface area contributed by atoms with Crippen LogP contribution in [0.1, 0.15) is 84.0 Å². The Morgan fingerprint density at radius 3 is 2.61 bits per heavy atom. The van der Waals surface area contributed by atoms with Crippen molar-refractivity contribution in [2.45, 2.75) is 90.0 Å². The van der Waals surface area contributed by atoms with Crippen molar-refractivity contribution in [1.29, 1.82) is 0 Å². The third-order valence-corrected chi connectivity index (χ3v) is 5.74. The maximum absolute atomic E-state index is 11.7. The van der Waals surface area contributed by atoms with Crippen molar-refractivity contribution in [3.63, 3.8) is 0 Å². The molecule has 0 aliphatic heterocycles. The monoisotopic (exact) mass is 319 g/mol. The van der Waals surface area contributed by atoms with Gasteiger partial charge in [-0.15, -0.1) is 0 Å². The Kier molecular flexibility index (Phi) is 7.32. The summed E-state index contributed by atoms with van der Waals surface area (Å²) in [6.45, 7) is 2.22. The fourth-order valence-corrected chi connectivity index (χ4v) is 4.14. The van der Waals surface area contributed by atoms with Crippen molar-refractivity contribution in [2.75, 3.05) is 7.11 Å². The van der Waals surface area contributed by atoms with Gasteiger partial charge in [-0.2, -0.15) is 0 Å². The van der Waals surface area contributed by atoms with Crippen LogP contribution in [0, 0.1) is 5.41 Å². The Bertz CT molecular complexity index is 435. The number of ether oxygens (including phenoxy) is 1. The summed E-state index contributed by atoms with van der Waals surface area (Å²) in [6, 6.07) is 0.514. The van der Waals surface area contributed by atoms with E-state index in [1.165, 1.54) is 51.3 Å². The fraction of sp³-hybridized carbons (Fsp3) is 0.800. The zero-order chi connectivity index (χ0) is 16.5. The Balaban J connectivity index is 2.14. The molecule has 3 nitrogen and oxygen atoms in total. The number of allylic oxidation sites excluding steroid dienone is 2. The zero-order valence-electron chi connectivity index (χ0n) is 15.0. The maximum Gasteiger partial charge on any atom is 0.305 e. The van der Waals surface area contributed by atoms with Crippen LogP contribution in [0.4, 0.5) is 0 Å². The second-order valence-electron chi connectivity index (χ2n) is 7.27. The highest BCUT2D eigenvalue weighted by Crippen LogP contribution is 2.39. The average Bonchev–Trinajstić information content (AvgIpc) is 2.55. The molecule has 130 valence electrons. The summed E-state index contributed by atoms with van der Waals surface area (Å²) in [4.78, 5) is 16.8. The molecule has 0 aromatic rings. The maximum atomic E-state index is 11.7. The van der Waals surface area contributed by atoms with Gasteiger partial charge in [-0.3, -0.25) is 9.79 Å². The van der Waals surface area contributed by atoms with Gasteiger partial charge in [0.1, 0.15) is 0 Å². The fourth-order valence-electron chi connectivity index (χ4n) is 4.14. The van der Waals surface area contributed by atoms with Crippen molar-refractivity contribution in [3.8, 4) is 0 Å². The smallest absolute Gasteiger partial charge is 0.305 e. The van der Waals surface area contributed by atoms with E-state index in [4.69, 9.17) is 9.73 Å². The normalized spacial score (nSPS) is 28.7. The lowest BCUT2D eigenvalue weighted by Gasteiger charge is -2.36. The van der Waals surface area contributed by atoms with Crippen LogP contribution in [0.15, 0.2) is 17.1 Å². The molecule has 3 heteroatoms. The van der Waals surface area contributed by atoms with Crippen LogP contribution >= 0.6 is 0 Å². The first-order valence-electron chi connectivity index (χ1n) is 9.43. The molecule has 0 aromatic carbocycles. The molecular formula is C20H33NO2. The summed E-state index contributed by atoms with van der Waals surface area (Å²) in [5.41, 5.74) is 1.39. The molecule has 0 bridgehead atoms. The first-order chi connectivity index (χ1) is 11.2. The van der Waals surface area contributed by atoms with Crippen molar-refractivity contribution in [3.05, 3.63) is 12.2 Å². The quantitative estimate of drug-likeness (QED) is 0.395. The lowest BCUT2D eigenvalue weighted by Crippen LogP contribution is -2.32. The molecule has 0 aromatic heterocycles. The molecule has 0 saturated heterocycles. The minimum atomic E-state index is -0.0903. The minimum absolute atomic E-state index is 0.0903. The number of rotatable bonds is 5. The van der Waals surface area contributed by atoms with Crippen molar-refractivity contribution < 1.29 is 9.53 Å². The van der Waals surface area contributed by atoms with E-state index < -0.39 is 0 Å². The first kappa shape index (κ1) is 18.2. The van der Waals surface area contributed by atoms with Crippen molar-refractivity contribution in [1.82, 2.24) is 0 Å². The average molecular weight is 319 g/mol. The molecule has 0 spiro atoms. The van der Waals surface area contributed by atoms with E-state index >= 15 is 0 Å². The van der Waals surface area contributed by atoms with E-state index in [-0.39, 0.29) is 11.4 Å². The van der Waals surface area contributed by atoms with Gasteiger partial charge in [-0.1, -0.05) is 31.4 Å². The topological polar surface area (TPSA) is 38.7 Å². The highest BCUT2D eigenvalue weighted by molar-refractivity contribution is 5.88. The molecule has 23 heavy (non-hydrogen) atoms. The number of nitrogens with zero attached hydrogens (tertiary/aromatic N) is 1. The number of esters is 1. The summed E-state index contributed by atoms with van der Waals surface area (Å²) in [6.07, 6.45) is 18.2. The van der Waals surface area contributed by atoms with Gasteiger partial charge in [0, 0.05) is 23.6 Å². The molecule has 2 aliphatic rings. The summed E-state index contributed by atoms with van der Waals surface area (Å²) in [5.74, 6) is -0.0903. The highest BCUT2D eigenvalue weighted by atomic mass is 16.5. The van der Waals surface area contributed by atoms with Crippen LogP contribution in [0.5, 0.6) is 0 Å². The van der Waals surface area contributed by atoms with E-state index in [0.717, 1.165) is 32.1 Å². The Hall–Kier alpha value is -1.12. The molecule has 1 unspecified atom stereocenters. The third kappa shape index (κ3) is 5.47. The van der Waals surface area contributed by atoms with Gasteiger partial charge in [0.2, 0.25) is 0 Å². The summed E-state index contributed by atoms with van der Waals surface area (Å²) in [7, 11) is 1.48. The predicted molar refractivity (Wildman–Crippen MR) is 95.9 cm³/mol. The molecule has 0 heterocycles. The van der Waals surface area contributed by atoms with Gasteiger partial charge >= 0.3 is 5.97 Å². The Labute approximate surface area is 141 Å². The number of methoxy groups -OCH3 is 1. The van der Waals surface area contributed by atoms with Gasteiger partial charge in [-0.05, 0) is 58.3 Å². The summed E-state index contributed by atoms with van der Waals surface area (Å²) >= 11 is 0. The van der Waals surface area contributed by atoms with Gasteiger partial charge in [0.25, 0.3) is 0 Å². The van der Waals surface area contributed by atoms with Gasteiger partial charge < -0.3 is 4.74 Å². The molecular weight excluding hydrogens is 286 g/mol. The third-order valence-electron chi connectivity index (χ3n) is 5.74. The summed E-state index contributed by atoms with van der Waals surface area (Å²) < 4.78 is 4.88. The lowest BCUT2D eigenvalue weighted by molar-refractivity contribution is -0.141. The number of carbonyl (C=O) groups is 1. The molecule has 1 atom stereocenters. The molecule has 1 fully saturated rings. The number of aliphatic imine (C=N–C) groups is 1. The largest absolute Gasteiger partial charge is 0.469 e. The van der Waals surface area contributed by atoms with Crippen LogP contribution in [0.25, 0.3) is 0 Å². The Morgan fingerprint density at radius 1 is 1.13 bits per heavy atom. The lowest BCUT2D eigenvalue weighted by atomic mass is 9.70. The van der Waals surface area contributed by atoms with Crippen molar-refractivity contribution >= 4 is 11.7 Å². The molecule has 0 radical (unpaired) electrons. The SMILES string of the molecule is COC(=O)CCC1(C(C)=NC2CCCCC2)CC/C=C\CCC1. The van der Waals surface area contributed by atoms with E-state index in [0.29, 0.717) is 12.5 Å². The summed E-state index contributed by atoms with van der Waals surface area (Å²) in [5, 5.41) is 0. The van der Waals surface area contributed by atoms with Crippen LogP contribution in [-0.2, 0) is 9.53 Å². The predicted octanol–water partition coefficient (Wildman–Crippen LogP) is 5.24. The number of hydrogen-bond acceptors (Lipinski definition) is 3. The first-order valence-corrected chi connectivity index (χ1v) is 9.43. The van der Waals surface area contributed by atoms with E-state index in [9.17, 15) is 4.79 Å². The molecule has 2 rings (SSSR count). The standard InChI is InChI=1S/C20H33NO2/c1-17(21-18-11-7-6-8-12-18)20(16-13-19(22)23-2)14-9-4-3-5-10-15-20/h3-4,18H,5-16H2,1-2H3/b4-3-,21-17?. The van der Waals surface area contributed by atoms with E-state index in [2.05, 4.69) is 19.1 Å². The van der Waals surface area contributed by atoms with Crippen LogP contribution in [0.3, 0.4) is 0 Å². The minimum Gasteiger partial charge on any atom is -0.469 e. The highest BCUT2D eigenvalue weighted by Gasteiger charge is 2.34. The molecule has 0 N–H and O–H groups in total. The number of carbonyl (C=O) groups excluding carboxylic acids is 1. The van der Waals surface area contributed by atoms with Crippen LogP contribution in [-0.4, -0.2) is 24.8 Å². The van der Waals surface area contributed by atoms with E-state index in [1.54, 1.807) is 0 Å². The van der Waals surface area contributed by atoms with Gasteiger partial charge in [0.15, 0.2) is 0 Å². The molecule has 1 saturated carbocycles. The van der Waals surface area contributed by atoms with Gasteiger partial charge in [0.05, 0.1) is 7.11 Å². The second kappa shape index (κ2) is 9.24. The van der Waals surface area contributed by atoms with Crippen LogP contribution in [0.2, 0.25) is 0 Å². The van der Waals surface area contributed by atoms with E-state index in [1.807, 2.05) is 0 Å². The molecule has 2 aliphatic carbocycles. The second-order valence-corrected chi connectivity index (χ2v) is 7.27. The van der Waals surface area contributed by atoms with Crippen molar-refractivity contribution in [2.24, 2.45) is 10.4 Å². The Morgan fingerprint density at radius 2 is 1.87 bits per heavy atom. The van der Waals surface area contributed by atoms with Gasteiger partial charge in [-0.25, -0.2) is 0 Å². The number of hydrogen-bond donors (Lipinski definition) is 0.